The molecule has 2 aliphatic heterocycles. The van der Waals surface area contributed by atoms with Crippen molar-refractivity contribution in [3.05, 3.63) is 18.2 Å². The topological polar surface area (TPSA) is 93.7 Å². The van der Waals surface area contributed by atoms with E-state index in [9.17, 15) is 13.2 Å². The van der Waals surface area contributed by atoms with Crippen molar-refractivity contribution in [2.45, 2.75) is 49.6 Å². The van der Waals surface area contributed by atoms with Crippen LogP contribution in [0.5, 0.6) is 11.5 Å². The van der Waals surface area contributed by atoms with Gasteiger partial charge in [0.1, 0.15) is 0 Å². The van der Waals surface area contributed by atoms with E-state index < -0.39 is 9.84 Å². The Balaban J connectivity index is 0.00000261. The van der Waals surface area contributed by atoms with Crippen molar-refractivity contribution < 1.29 is 22.7 Å². The molecule has 0 saturated carbocycles. The first-order valence-electron chi connectivity index (χ1n) is 9.09. The largest absolute Gasteiger partial charge is 0.490 e. The van der Waals surface area contributed by atoms with E-state index in [1.54, 1.807) is 6.07 Å². The van der Waals surface area contributed by atoms with Crippen LogP contribution < -0.4 is 20.1 Å². The minimum Gasteiger partial charge on any atom is -0.490 e. The summed E-state index contributed by atoms with van der Waals surface area (Å²) in [5.74, 6) is 0.553. The number of carbonyl (C=O) groups excluding carboxylic acids is 1. The summed E-state index contributed by atoms with van der Waals surface area (Å²) in [6.45, 7) is 3.98. The summed E-state index contributed by atoms with van der Waals surface area (Å²) >= 11 is 0. The van der Waals surface area contributed by atoms with Crippen LogP contribution in [-0.4, -0.2) is 51.9 Å². The molecule has 2 unspecified atom stereocenters. The van der Waals surface area contributed by atoms with Gasteiger partial charge in [0.2, 0.25) is 5.91 Å². The Morgan fingerprint density at radius 3 is 2.74 bits per heavy atom. The molecule has 3 rings (SSSR count). The van der Waals surface area contributed by atoms with Crippen LogP contribution in [0, 0.1) is 0 Å². The quantitative estimate of drug-likeness (QED) is 0.755. The maximum Gasteiger partial charge on any atom is 0.221 e. The normalized spacial score (nSPS) is 22.3. The Morgan fingerprint density at radius 2 is 2.00 bits per heavy atom. The van der Waals surface area contributed by atoms with Crippen molar-refractivity contribution in [2.24, 2.45) is 0 Å². The first-order chi connectivity index (χ1) is 12.4. The van der Waals surface area contributed by atoms with Crippen LogP contribution in [0.25, 0.3) is 0 Å². The third-order valence-corrected chi connectivity index (χ3v) is 6.38. The number of piperidine rings is 1. The summed E-state index contributed by atoms with van der Waals surface area (Å²) in [4.78, 5) is 12.3. The molecule has 1 amide bonds. The van der Waals surface area contributed by atoms with Crippen LogP contribution in [0.4, 0.5) is 0 Å². The van der Waals surface area contributed by atoms with Gasteiger partial charge in [-0.25, -0.2) is 8.42 Å². The molecule has 1 saturated heterocycles. The Bertz CT molecular complexity index is 756. The van der Waals surface area contributed by atoms with Gasteiger partial charge in [-0.05, 0) is 38.4 Å². The zero-order chi connectivity index (χ0) is 18.6. The SMILES string of the molecule is CC1CC(NC(=O)CCS(=O)(=O)c2ccc3c(c2)OCCCO3)CCN1.Cl. The monoisotopic (exact) mass is 418 g/mol. The molecule has 9 heteroatoms. The van der Waals surface area contributed by atoms with E-state index >= 15 is 0 Å². The van der Waals surface area contributed by atoms with E-state index in [1.807, 2.05) is 0 Å². The lowest BCUT2D eigenvalue weighted by atomic mass is 10.0. The van der Waals surface area contributed by atoms with E-state index in [-0.39, 0.29) is 41.4 Å². The Hall–Kier alpha value is -1.51. The zero-order valence-corrected chi connectivity index (χ0v) is 17.0. The molecule has 0 aromatic heterocycles. The van der Waals surface area contributed by atoms with Gasteiger partial charge in [-0.3, -0.25) is 4.79 Å². The average Bonchev–Trinajstić information content (AvgIpc) is 2.85. The van der Waals surface area contributed by atoms with Gasteiger partial charge in [-0.15, -0.1) is 12.4 Å². The summed E-state index contributed by atoms with van der Waals surface area (Å²) in [5, 5.41) is 6.27. The smallest absolute Gasteiger partial charge is 0.221 e. The van der Waals surface area contributed by atoms with E-state index in [0.29, 0.717) is 30.8 Å². The minimum atomic E-state index is -3.56. The zero-order valence-electron chi connectivity index (χ0n) is 15.4. The molecule has 2 atom stereocenters. The van der Waals surface area contributed by atoms with Crippen molar-refractivity contribution in [3.63, 3.8) is 0 Å². The number of ether oxygens (including phenoxy) is 2. The van der Waals surface area contributed by atoms with E-state index in [2.05, 4.69) is 17.6 Å². The molecule has 2 heterocycles. The molecule has 2 aliphatic rings. The number of benzene rings is 1. The van der Waals surface area contributed by atoms with Gasteiger partial charge in [-0.1, -0.05) is 0 Å². The third-order valence-electron chi connectivity index (χ3n) is 4.66. The average molecular weight is 419 g/mol. The van der Waals surface area contributed by atoms with Crippen LogP contribution in [-0.2, 0) is 14.6 Å². The van der Waals surface area contributed by atoms with Gasteiger partial charge in [0.05, 0.1) is 23.9 Å². The molecule has 7 nitrogen and oxygen atoms in total. The minimum absolute atomic E-state index is 0. The van der Waals surface area contributed by atoms with Crippen molar-refractivity contribution in [1.29, 1.82) is 0 Å². The molecule has 27 heavy (non-hydrogen) atoms. The Labute approximate surface area is 166 Å². The molecule has 1 aromatic carbocycles. The maximum absolute atomic E-state index is 12.6. The molecular formula is C18H27ClN2O5S. The molecule has 1 aromatic rings. The Kier molecular flexibility index (Phi) is 7.76. The first-order valence-corrected chi connectivity index (χ1v) is 10.7. The van der Waals surface area contributed by atoms with Crippen molar-refractivity contribution >= 4 is 28.2 Å². The van der Waals surface area contributed by atoms with Gasteiger partial charge in [-0.2, -0.15) is 0 Å². The van der Waals surface area contributed by atoms with Crippen molar-refractivity contribution in [3.8, 4) is 11.5 Å². The van der Waals surface area contributed by atoms with Crippen LogP contribution in [0.2, 0.25) is 0 Å². The number of nitrogens with one attached hydrogen (secondary N) is 2. The first kappa shape index (κ1) is 21.8. The fourth-order valence-corrected chi connectivity index (χ4v) is 4.50. The second kappa shape index (κ2) is 9.61. The number of halogens is 1. The molecule has 0 radical (unpaired) electrons. The van der Waals surface area contributed by atoms with Gasteiger partial charge in [0, 0.05) is 31.0 Å². The lowest BCUT2D eigenvalue weighted by molar-refractivity contribution is -0.121. The fourth-order valence-electron chi connectivity index (χ4n) is 3.24. The van der Waals surface area contributed by atoms with Crippen LogP contribution in [0.3, 0.4) is 0 Å². The number of carbonyl (C=O) groups is 1. The summed E-state index contributed by atoms with van der Waals surface area (Å²) in [5.41, 5.74) is 0. The fraction of sp³-hybridized carbons (Fsp3) is 0.611. The molecule has 2 N–H and O–H groups in total. The van der Waals surface area contributed by atoms with E-state index in [1.165, 1.54) is 12.1 Å². The Morgan fingerprint density at radius 1 is 1.26 bits per heavy atom. The van der Waals surface area contributed by atoms with Gasteiger partial charge < -0.3 is 20.1 Å². The number of amides is 1. The number of hydrogen-bond acceptors (Lipinski definition) is 6. The van der Waals surface area contributed by atoms with Crippen LogP contribution in [0.1, 0.15) is 32.6 Å². The van der Waals surface area contributed by atoms with Crippen LogP contribution >= 0.6 is 12.4 Å². The van der Waals surface area contributed by atoms with Crippen molar-refractivity contribution in [1.82, 2.24) is 10.6 Å². The highest BCUT2D eigenvalue weighted by molar-refractivity contribution is 7.91. The highest BCUT2D eigenvalue weighted by Crippen LogP contribution is 2.32. The van der Waals surface area contributed by atoms with Gasteiger partial charge >= 0.3 is 0 Å². The van der Waals surface area contributed by atoms with E-state index in [4.69, 9.17) is 9.47 Å². The molecule has 0 spiro atoms. The second-order valence-corrected chi connectivity index (χ2v) is 8.98. The number of rotatable bonds is 5. The summed E-state index contributed by atoms with van der Waals surface area (Å²) in [6, 6.07) is 5.08. The summed E-state index contributed by atoms with van der Waals surface area (Å²) < 4.78 is 36.2. The molecule has 0 bridgehead atoms. The standard InChI is InChI=1S/C18H26N2O5S.ClH/c1-13-11-14(5-7-19-13)20-18(21)6-10-26(22,23)15-3-4-16-17(12-15)25-9-2-8-24-16;/h3-4,12-14,19H,2,5-11H2,1H3,(H,20,21);1H. The number of hydrogen-bond donors (Lipinski definition) is 2. The predicted octanol–water partition coefficient (Wildman–Crippen LogP) is 1.69. The van der Waals surface area contributed by atoms with E-state index in [0.717, 1.165) is 25.8 Å². The number of fused-ring (bicyclic) bond motifs is 1. The molecule has 1 fully saturated rings. The summed E-state index contributed by atoms with van der Waals surface area (Å²) in [7, 11) is -3.56. The van der Waals surface area contributed by atoms with Gasteiger partial charge in [0.25, 0.3) is 0 Å². The number of sulfone groups is 1. The van der Waals surface area contributed by atoms with Crippen molar-refractivity contribution in [2.75, 3.05) is 25.5 Å². The molecular weight excluding hydrogens is 392 g/mol. The molecule has 0 aliphatic carbocycles. The maximum atomic E-state index is 12.6. The lowest BCUT2D eigenvalue weighted by Gasteiger charge is -2.28. The second-order valence-electron chi connectivity index (χ2n) is 6.87. The summed E-state index contributed by atoms with van der Waals surface area (Å²) in [6.07, 6.45) is 2.44. The molecule has 152 valence electrons. The van der Waals surface area contributed by atoms with Gasteiger partial charge in [0.15, 0.2) is 21.3 Å². The van der Waals surface area contributed by atoms with Crippen LogP contribution in [0.15, 0.2) is 23.1 Å². The highest BCUT2D eigenvalue weighted by atomic mass is 35.5. The predicted molar refractivity (Wildman–Crippen MR) is 105 cm³/mol. The lowest BCUT2D eigenvalue weighted by Crippen LogP contribution is -2.46. The highest BCUT2D eigenvalue weighted by Gasteiger charge is 2.23. The third kappa shape index (κ3) is 5.99.